The molecule has 0 bridgehead atoms. The molecule has 0 saturated heterocycles. The van der Waals surface area contributed by atoms with E-state index in [0.29, 0.717) is 13.0 Å². The maximum Gasteiger partial charge on any atom is 0.326 e. The summed E-state index contributed by atoms with van der Waals surface area (Å²) in [6.45, 7) is 5.96. The second-order valence-electron chi connectivity index (χ2n) is 3.43. The molecule has 86 valence electrons. The molecule has 0 radical (unpaired) electrons. The molecule has 5 nitrogen and oxygen atoms in total. The number of carboxylic acid groups (broad SMARTS) is 1. The third-order valence-electron chi connectivity index (χ3n) is 1.78. The quantitative estimate of drug-likeness (QED) is 0.600. The number of hydrogen-bond acceptors (Lipinski definition) is 2. The molecule has 0 aliphatic carbocycles. The predicted octanol–water partition coefficient (Wildman–Crippen LogP) is 1.11. The van der Waals surface area contributed by atoms with Gasteiger partial charge in [0, 0.05) is 6.54 Å². The van der Waals surface area contributed by atoms with Gasteiger partial charge >= 0.3 is 12.0 Å². The van der Waals surface area contributed by atoms with Gasteiger partial charge in [-0.2, -0.15) is 0 Å². The lowest BCUT2D eigenvalue weighted by molar-refractivity contribution is -0.139. The zero-order valence-corrected chi connectivity index (χ0v) is 9.33. The summed E-state index contributed by atoms with van der Waals surface area (Å²) < 4.78 is 0. The summed E-state index contributed by atoms with van der Waals surface area (Å²) in [5.74, 6) is -1.02. The number of urea groups is 1. The number of carbonyl (C=O) groups is 2. The molecule has 5 heteroatoms. The Balaban J connectivity index is 3.92. The first-order chi connectivity index (χ1) is 6.97. The van der Waals surface area contributed by atoms with Crippen LogP contribution in [-0.2, 0) is 4.79 Å². The van der Waals surface area contributed by atoms with E-state index < -0.39 is 18.0 Å². The van der Waals surface area contributed by atoms with E-state index in [2.05, 4.69) is 10.6 Å². The Morgan fingerprint density at radius 3 is 2.40 bits per heavy atom. The zero-order chi connectivity index (χ0) is 11.8. The van der Waals surface area contributed by atoms with E-state index in [1.807, 2.05) is 19.9 Å². The number of nitrogens with one attached hydrogen (secondary N) is 2. The van der Waals surface area contributed by atoms with E-state index in [4.69, 9.17) is 5.11 Å². The summed E-state index contributed by atoms with van der Waals surface area (Å²) in [5.41, 5.74) is 1.10. The predicted molar refractivity (Wildman–Crippen MR) is 57.7 cm³/mol. The summed E-state index contributed by atoms with van der Waals surface area (Å²) in [5, 5.41) is 13.6. The molecule has 3 N–H and O–H groups in total. The molecule has 0 aromatic heterocycles. The molecule has 15 heavy (non-hydrogen) atoms. The number of amides is 2. The first kappa shape index (κ1) is 13.5. The Kier molecular flexibility index (Phi) is 6.17. The summed E-state index contributed by atoms with van der Waals surface area (Å²) in [6, 6.07) is -1.28. The van der Waals surface area contributed by atoms with Crippen molar-refractivity contribution < 1.29 is 14.7 Å². The van der Waals surface area contributed by atoms with Gasteiger partial charge in [-0.25, -0.2) is 9.59 Å². The first-order valence-electron chi connectivity index (χ1n) is 4.88. The molecule has 0 saturated carbocycles. The molecule has 0 rings (SSSR count). The van der Waals surface area contributed by atoms with Gasteiger partial charge in [-0.3, -0.25) is 0 Å². The summed E-state index contributed by atoms with van der Waals surface area (Å²) in [4.78, 5) is 21.8. The van der Waals surface area contributed by atoms with E-state index in [1.165, 1.54) is 0 Å². The van der Waals surface area contributed by atoms with Gasteiger partial charge in [0.15, 0.2) is 0 Å². The van der Waals surface area contributed by atoms with E-state index in [0.717, 1.165) is 5.57 Å². The lowest BCUT2D eigenvalue weighted by Gasteiger charge is -2.12. The smallest absolute Gasteiger partial charge is 0.326 e. The lowest BCUT2D eigenvalue weighted by Crippen LogP contribution is -2.45. The second-order valence-corrected chi connectivity index (χ2v) is 3.43. The third kappa shape index (κ3) is 6.54. The maximum atomic E-state index is 11.2. The van der Waals surface area contributed by atoms with Crippen LogP contribution in [0.3, 0.4) is 0 Å². The van der Waals surface area contributed by atoms with Gasteiger partial charge in [0.25, 0.3) is 0 Å². The molecule has 1 atom stereocenters. The van der Waals surface area contributed by atoms with E-state index >= 15 is 0 Å². The average molecular weight is 214 g/mol. The molecule has 0 heterocycles. The molecule has 0 spiro atoms. The highest BCUT2D eigenvalue weighted by Gasteiger charge is 2.16. The topological polar surface area (TPSA) is 78.4 Å². The number of aliphatic carboxylic acids is 1. The Labute approximate surface area is 89.6 Å². The van der Waals surface area contributed by atoms with Crippen LogP contribution in [0.25, 0.3) is 0 Å². The van der Waals surface area contributed by atoms with Crippen LogP contribution in [0.5, 0.6) is 0 Å². The van der Waals surface area contributed by atoms with Crippen LogP contribution >= 0.6 is 0 Å². The van der Waals surface area contributed by atoms with Gasteiger partial charge < -0.3 is 15.7 Å². The van der Waals surface area contributed by atoms with E-state index in [-0.39, 0.29) is 0 Å². The Morgan fingerprint density at radius 1 is 1.40 bits per heavy atom. The van der Waals surface area contributed by atoms with Crippen molar-refractivity contribution in [3.63, 3.8) is 0 Å². The van der Waals surface area contributed by atoms with Crippen molar-refractivity contribution in [1.82, 2.24) is 10.6 Å². The third-order valence-corrected chi connectivity index (χ3v) is 1.78. The fourth-order valence-corrected chi connectivity index (χ4v) is 0.896. The van der Waals surface area contributed by atoms with Crippen LogP contribution in [-0.4, -0.2) is 29.7 Å². The molecule has 0 aromatic carbocycles. The van der Waals surface area contributed by atoms with Crippen molar-refractivity contribution in [1.29, 1.82) is 0 Å². The number of rotatable bonds is 5. The van der Waals surface area contributed by atoms with Crippen molar-refractivity contribution in [3.05, 3.63) is 11.6 Å². The molecule has 0 aromatic rings. The first-order valence-corrected chi connectivity index (χ1v) is 4.88. The minimum absolute atomic E-state index is 0.366. The van der Waals surface area contributed by atoms with Crippen LogP contribution in [0.2, 0.25) is 0 Å². The maximum absolute atomic E-state index is 11.2. The Hall–Kier alpha value is -1.52. The van der Waals surface area contributed by atoms with Gasteiger partial charge in [0.2, 0.25) is 0 Å². The minimum atomic E-state index is -1.02. The van der Waals surface area contributed by atoms with Crippen LogP contribution < -0.4 is 10.6 Å². The van der Waals surface area contributed by atoms with E-state index in [9.17, 15) is 9.59 Å². The highest BCUT2D eigenvalue weighted by molar-refractivity contribution is 5.82. The number of carboxylic acids is 1. The van der Waals surface area contributed by atoms with Crippen LogP contribution in [0.15, 0.2) is 11.6 Å². The largest absolute Gasteiger partial charge is 0.480 e. The second kappa shape index (κ2) is 6.86. The molecule has 2 amide bonds. The Morgan fingerprint density at radius 2 is 2.00 bits per heavy atom. The number of hydrogen-bond donors (Lipinski definition) is 3. The standard InChI is InChI=1S/C10H18N2O3/c1-4-8(9(13)14)12-10(15)11-6-5-7(2)3/h5,8H,4,6H2,1-3H3,(H,13,14)(H2,11,12,15)/t8-/m1/s1. The molecule has 0 aliphatic heterocycles. The Bertz CT molecular complexity index is 257. The molecule has 0 aliphatic rings. The highest BCUT2D eigenvalue weighted by Crippen LogP contribution is 1.90. The number of allylic oxidation sites excluding steroid dienone is 1. The van der Waals surface area contributed by atoms with Gasteiger partial charge in [-0.15, -0.1) is 0 Å². The van der Waals surface area contributed by atoms with Crippen molar-refractivity contribution >= 4 is 12.0 Å². The summed E-state index contributed by atoms with van der Waals surface area (Å²) >= 11 is 0. The fourth-order valence-electron chi connectivity index (χ4n) is 0.896. The lowest BCUT2D eigenvalue weighted by atomic mass is 10.2. The van der Waals surface area contributed by atoms with Crippen LogP contribution in [0, 0.1) is 0 Å². The monoisotopic (exact) mass is 214 g/mol. The normalized spacial score (nSPS) is 11.4. The summed E-state index contributed by atoms with van der Waals surface area (Å²) in [6.07, 6.45) is 2.21. The van der Waals surface area contributed by atoms with Crippen LogP contribution in [0.1, 0.15) is 27.2 Å². The van der Waals surface area contributed by atoms with E-state index in [1.54, 1.807) is 6.92 Å². The zero-order valence-electron chi connectivity index (χ0n) is 9.33. The average Bonchev–Trinajstić information content (AvgIpc) is 2.13. The van der Waals surface area contributed by atoms with Crippen molar-refractivity contribution in [2.24, 2.45) is 0 Å². The van der Waals surface area contributed by atoms with Crippen molar-refractivity contribution in [2.45, 2.75) is 33.2 Å². The van der Waals surface area contributed by atoms with Crippen LogP contribution in [0.4, 0.5) is 4.79 Å². The molecular formula is C10H18N2O3. The minimum Gasteiger partial charge on any atom is -0.480 e. The fraction of sp³-hybridized carbons (Fsp3) is 0.600. The summed E-state index contributed by atoms with van der Waals surface area (Å²) in [7, 11) is 0. The van der Waals surface area contributed by atoms with Gasteiger partial charge in [0.05, 0.1) is 0 Å². The van der Waals surface area contributed by atoms with Gasteiger partial charge in [-0.1, -0.05) is 18.6 Å². The van der Waals surface area contributed by atoms with Crippen molar-refractivity contribution in [3.8, 4) is 0 Å². The van der Waals surface area contributed by atoms with Gasteiger partial charge in [0.1, 0.15) is 6.04 Å². The van der Waals surface area contributed by atoms with Gasteiger partial charge in [-0.05, 0) is 20.3 Å². The molecular weight excluding hydrogens is 196 g/mol. The highest BCUT2D eigenvalue weighted by atomic mass is 16.4. The van der Waals surface area contributed by atoms with Crippen molar-refractivity contribution in [2.75, 3.05) is 6.54 Å². The molecule has 0 unspecified atom stereocenters. The molecule has 0 fully saturated rings. The SMILES string of the molecule is CC[C@@H](NC(=O)NCC=C(C)C)C(=O)O. The number of carbonyl (C=O) groups excluding carboxylic acids is 1.